The number of hydrogen-bond acceptors (Lipinski definition) is 2. The molecule has 74 valence electrons. The molecule has 1 N–H and O–H groups in total. The van der Waals surface area contributed by atoms with Crippen molar-refractivity contribution in [2.75, 3.05) is 6.54 Å². The average molecular weight is 205 g/mol. The molecule has 0 aliphatic rings. The van der Waals surface area contributed by atoms with E-state index in [1.807, 2.05) is 0 Å². The van der Waals surface area contributed by atoms with Crippen LogP contribution in [-0.4, -0.2) is 23.3 Å². The zero-order valence-electron chi connectivity index (χ0n) is 9.32. The van der Waals surface area contributed by atoms with Crippen molar-refractivity contribution in [3.63, 3.8) is 0 Å². The van der Waals surface area contributed by atoms with Crippen molar-refractivity contribution in [1.82, 2.24) is 4.98 Å². The molecule has 0 aromatic carbocycles. The molecule has 0 atom stereocenters. The SMILES string of the molecule is CCCN[Si](C)(C)O[Si](C)(C)C. The molecule has 0 saturated heterocycles. The fourth-order valence-corrected chi connectivity index (χ4v) is 8.49. The third-order valence-electron chi connectivity index (χ3n) is 1.36. The summed E-state index contributed by atoms with van der Waals surface area (Å²) in [6.07, 6.45) is 1.19. The lowest BCUT2D eigenvalue weighted by Gasteiger charge is -2.31. The zero-order chi connectivity index (χ0) is 9.83. The molecule has 0 fully saturated rings. The van der Waals surface area contributed by atoms with Gasteiger partial charge in [-0.3, -0.25) is 0 Å². The molecule has 0 saturated carbocycles. The average Bonchev–Trinajstić information content (AvgIpc) is 1.78. The highest BCUT2D eigenvalue weighted by molar-refractivity contribution is 6.83. The summed E-state index contributed by atoms with van der Waals surface area (Å²) < 4.78 is 6.09. The van der Waals surface area contributed by atoms with Gasteiger partial charge in [-0.05, 0) is 45.7 Å². The van der Waals surface area contributed by atoms with Gasteiger partial charge in [-0.1, -0.05) is 6.92 Å². The van der Waals surface area contributed by atoms with Gasteiger partial charge in [-0.15, -0.1) is 0 Å². The molecule has 0 aromatic heterocycles. The normalized spacial score (nSPS) is 13.5. The van der Waals surface area contributed by atoms with E-state index in [1.165, 1.54) is 6.42 Å². The Kier molecular flexibility index (Phi) is 4.69. The van der Waals surface area contributed by atoms with Gasteiger partial charge in [-0.2, -0.15) is 0 Å². The van der Waals surface area contributed by atoms with Crippen LogP contribution in [0, 0.1) is 0 Å². The van der Waals surface area contributed by atoms with Crippen LogP contribution in [0.1, 0.15) is 13.3 Å². The molecular formula is C8H23NOSi2. The Balaban J connectivity index is 3.86. The molecule has 0 bridgehead atoms. The Labute approximate surface area is 79.0 Å². The van der Waals surface area contributed by atoms with Gasteiger partial charge >= 0.3 is 0 Å². The first-order valence-electron chi connectivity index (χ1n) is 4.72. The van der Waals surface area contributed by atoms with Crippen molar-refractivity contribution < 1.29 is 4.12 Å². The smallest absolute Gasteiger partial charge is 0.251 e. The van der Waals surface area contributed by atoms with Crippen molar-refractivity contribution >= 4 is 16.8 Å². The molecule has 0 rings (SSSR count). The van der Waals surface area contributed by atoms with E-state index in [9.17, 15) is 0 Å². The van der Waals surface area contributed by atoms with Crippen LogP contribution in [0.3, 0.4) is 0 Å². The number of rotatable bonds is 5. The minimum absolute atomic E-state index is 1.09. The van der Waals surface area contributed by atoms with Crippen LogP contribution < -0.4 is 4.98 Å². The highest BCUT2D eigenvalue weighted by Gasteiger charge is 2.28. The minimum Gasteiger partial charge on any atom is -0.445 e. The Bertz CT molecular complexity index is 132. The molecule has 4 heteroatoms. The second-order valence-corrected chi connectivity index (χ2v) is 13.1. The van der Waals surface area contributed by atoms with Gasteiger partial charge in [0.25, 0.3) is 8.48 Å². The van der Waals surface area contributed by atoms with Crippen molar-refractivity contribution in [3.8, 4) is 0 Å². The summed E-state index contributed by atoms with van der Waals surface area (Å²) in [5.74, 6) is 0. The van der Waals surface area contributed by atoms with Gasteiger partial charge in [0.15, 0.2) is 8.32 Å². The molecule has 0 amide bonds. The predicted molar refractivity (Wildman–Crippen MR) is 60.2 cm³/mol. The van der Waals surface area contributed by atoms with Gasteiger partial charge in [0, 0.05) is 0 Å². The van der Waals surface area contributed by atoms with Gasteiger partial charge in [0.05, 0.1) is 0 Å². The monoisotopic (exact) mass is 205 g/mol. The van der Waals surface area contributed by atoms with E-state index in [0.717, 1.165) is 6.54 Å². The highest BCUT2D eigenvalue weighted by Crippen LogP contribution is 2.11. The summed E-state index contributed by atoms with van der Waals surface area (Å²) in [5, 5.41) is 0. The fraction of sp³-hybridized carbons (Fsp3) is 1.00. The summed E-state index contributed by atoms with van der Waals surface area (Å²) in [5.41, 5.74) is 0. The molecule has 0 aliphatic heterocycles. The summed E-state index contributed by atoms with van der Waals surface area (Å²) in [7, 11) is -2.89. The minimum atomic E-state index is -1.55. The maximum atomic E-state index is 6.09. The molecule has 0 aliphatic carbocycles. The third kappa shape index (κ3) is 7.03. The Hall–Kier alpha value is 0.354. The van der Waals surface area contributed by atoms with Gasteiger partial charge in [0.1, 0.15) is 0 Å². The van der Waals surface area contributed by atoms with Gasteiger partial charge in [0.2, 0.25) is 0 Å². The summed E-state index contributed by atoms with van der Waals surface area (Å²) in [6, 6.07) is 0. The second kappa shape index (κ2) is 4.55. The Morgan fingerprint density at radius 3 is 1.92 bits per heavy atom. The van der Waals surface area contributed by atoms with Crippen LogP contribution in [-0.2, 0) is 4.12 Å². The van der Waals surface area contributed by atoms with Crippen LogP contribution in [0.2, 0.25) is 32.7 Å². The second-order valence-electron chi connectivity index (χ2n) is 4.65. The van der Waals surface area contributed by atoms with Crippen molar-refractivity contribution in [2.45, 2.75) is 46.1 Å². The quantitative estimate of drug-likeness (QED) is 0.697. The lowest BCUT2D eigenvalue weighted by molar-refractivity contribution is 0.525. The standard InChI is InChI=1S/C8H23NOSi2/c1-7-8-9-12(5,6)10-11(2,3)4/h9H,7-8H2,1-6H3. The van der Waals surface area contributed by atoms with E-state index in [-0.39, 0.29) is 0 Å². The molecule has 0 spiro atoms. The van der Waals surface area contributed by atoms with Crippen molar-refractivity contribution in [3.05, 3.63) is 0 Å². The lowest BCUT2D eigenvalue weighted by Crippen LogP contribution is -2.53. The van der Waals surface area contributed by atoms with E-state index in [2.05, 4.69) is 44.6 Å². The zero-order valence-corrected chi connectivity index (χ0v) is 11.3. The van der Waals surface area contributed by atoms with Crippen LogP contribution in [0.25, 0.3) is 0 Å². The van der Waals surface area contributed by atoms with E-state index in [0.29, 0.717) is 0 Å². The molecule has 0 radical (unpaired) electrons. The lowest BCUT2D eigenvalue weighted by atomic mass is 10.5. The summed E-state index contributed by atoms with van der Waals surface area (Å²) >= 11 is 0. The van der Waals surface area contributed by atoms with Crippen LogP contribution in [0.5, 0.6) is 0 Å². The maximum absolute atomic E-state index is 6.09. The maximum Gasteiger partial charge on any atom is 0.251 e. The van der Waals surface area contributed by atoms with E-state index in [4.69, 9.17) is 4.12 Å². The van der Waals surface area contributed by atoms with Crippen LogP contribution >= 0.6 is 0 Å². The molecule has 0 heterocycles. The van der Waals surface area contributed by atoms with Crippen LogP contribution in [0.4, 0.5) is 0 Å². The van der Waals surface area contributed by atoms with Crippen molar-refractivity contribution in [2.24, 2.45) is 0 Å². The molecule has 0 unspecified atom stereocenters. The Morgan fingerprint density at radius 1 is 1.08 bits per heavy atom. The fourth-order valence-electron chi connectivity index (χ4n) is 1.23. The highest BCUT2D eigenvalue weighted by atomic mass is 28.4. The van der Waals surface area contributed by atoms with Gasteiger partial charge < -0.3 is 9.10 Å². The summed E-state index contributed by atoms with van der Waals surface area (Å²) in [4.78, 5) is 3.52. The first-order valence-corrected chi connectivity index (χ1v) is 11.0. The van der Waals surface area contributed by atoms with Crippen LogP contribution in [0.15, 0.2) is 0 Å². The topological polar surface area (TPSA) is 21.3 Å². The Morgan fingerprint density at radius 2 is 1.58 bits per heavy atom. The molecule has 0 aromatic rings. The third-order valence-corrected chi connectivity index (χ3v) is 6.95. The molecular weight excluding hydrogens is 182 g/mol. The number of nitrogens with one attached hydrogen (secondary N) is 1. The van der Waals surface area contributed by atoms with E-state index < -0.39 is 16.8 Å². The van der Waals surface area contributed by atoms with Crippen molar-refractivity contribution in [1.29, 1.82) is 0 Å². The molecule has 2 nitrogen and oxygen atoms in total. The predicted octanol–water partition coefficient (Wildman–Crippen LogP) is 2.54. The number of hydrogen-bond donors (Lipinski definition) is 1. The van der Waals surface area contributed by atoms with E-state index >= 15 is 0 Å². The first kappa shape index (κ1) is 12.4. The van der Waals surface area contributed by atoms with E-state index in [1.54, 1.807) is 0 Å². The summed E-state index contributed by atoms with van der Waals surface area (Å²) in [6.45, 7) is 14.5. The molecule has 12 heavy (non-hydrogen) atoms. The van der Waals surface area contributed by atoms with Gasteiger partial charge in [-0.25, -0.2) is 0 Å². The largest absolute Gasteiger partial charge is 0.445 e. The first-order chi connectivity index (χ1) is 5.27.